The van der Waals surface area contributed by atoms with Crippen LogP contribution in [0, 0.1) is 11.7 Å². The van der Waals surface area contributed by atoms with Gasteiger partial charge in [-0.1, -0.05) is 12.1 Å². The van der Waals surface area contributed by atoms with E-state index in [4.69, 9.17) is 22.1 Å². The molecule has 1 aliphatic rings. The molecular weight excluding hydrogens is 392 g/mol. The molecule has 0 amide bonds. The summed E-state index contributed by atoms with van der Waals surface area (Å²) in [7, 11) is 1.67. The number of β-amino-alcohol motifs (C(OH)–C–C–N with tert-alkyl or cyclic N) is 1. The van der Waals surface area contributed by atoms with Gasteiger partial charge < -0.3 is 9.84 Å². The van der Waals surface area contributed by atoms with Crippen molar-refractivity contribution in [2.45, 2.75) is 32.5 Å². The number of thiophene rings is 1. The highest BCUT2D eigenvalue weighted by Gasteiger charge is 2.22. The van der Waals surface area contributed by atoms with Crippen molar-refractivity contribution in [3.05, 3.63) is 46.0 Å². The van der Waals surface area contributed by atoms with E-state index >= 15 is 0 Å². The molecule has 3 heterocycles. The molecule has 1 atom stereocenters. The van der Waals surface area contributed by atoms with Gasteiger partial charge in [0, 0.05) is 13.1 Å². The minimum Gasteiger partial charge on any atom is -0.495 e. The number of hydrogen-bond acceptors (Lipinski definition) is 6. The number of ether oxygens (including phenoxy) is 1. The Morgan fingerprint density at radius 1 is 1.36 bits per heavy atom. The molecule has 0 aliphatic carbocycles. The fourth-order valence-corrected chi connectivity index (χ4v) is 4.59. The molecule has 1 aliphatic heterocycles. The topological polar surface area (TPSA) is 55.5 Å². The van der Waals surface area contributed by atoms with E-state index in [-0.39, 0.29) is 6.10 Å². The monoisotopic (exact) mass is 416 g/mol. The van der Waals surface area contributed by atoms with E-state index in [9.17, 15) is 5.11 Å². The van der Waals surface area contributed by atoms with Crippen LogP contribution in [0.2, 0.25) is 0 Å². The van der Waals surface area contributed by atoms with Crippen molar-refractivity contribution in [3.8, 4) is 22.1 Å². The largest absolute Gasteiger partial charge is 0.495 e. The number of nitrogens with zero attached hydrogens (tertiary/aromatic N) is 4. The van der Waals surface area contributed by atoms with Gasteiger partial charge in [-0.05, 0) is 61.1 Å². The Hall–Kier alpha value is -2.00. The summed E-state index contributed by atoms with van der Waals surface area (Å²) in [4.78, 5) is 3.25. The third-order valence-electron chi connectivity index (χ3n) is 4.97. The lowest BCUT2D eigenvalue weighted by molar-refractivity contribution is 0.0513. The van der Waals surface area contributed by atoms with Gasteiger partial charge in [-0.3, -0.25) is 9.47 Å². The number of piperidine rings is 1. The zero-order chi connectivity index (χ0) is 19.7. The lowest BCUT2D eigenvalue weighted by atomic mass is 10.1. The second kappa shape index (κ2) is 8.16. The number of aliphatic hydroxyl groups is 1. The number of aromatic nitrogens is 3. The van der Waals surface area contributed by atoms with Crippen molar-refractivity contribution in [1.29, 1.82) is 0 Å². The average molecular weight is 417 g/mol. The predicted octanol–water partition coefficient (Wildman–Crippen LogP) is 3.86. The van der Waals surface area contributed by atoms with Crippen molar-refractivity contribution in [2.75, 3.05) is 20.2 Å². The lowest BCUT2D eigenvalue weighted by Crippen LogP contribution is -2.39. The fraction of sp³-hybridized carbons (Fsp3) is 0.400. The first kappa shape index (κ1) is 19.3. The maximum atomic E-state index is 10.00. The molecule has 0 radical (unpaired) electrons. The molecule has 0 spiro atoms. The summed E-state index contributed by atoms with van der Waals surface area (Å²) in [5, 5.41) is 16.9. The van der Waals surface area contributed by atoms with Crippen LogP contribution in [0.15, 0.2) is 35.7 Å². The van der Waals surface area contributed by atoms with Crippen LogP contribution in [0.1, 0.15) is 18.4 Å². The molecule has 28 heavy (non-hydrogen) atoms. The summed E-state index contributed by atoms with van der Waals surface area (Å²) < 4.78 is 10.1. The standard InChI is InChI=1S/C20H24N4O2S2/c1-14-7-8-17(26-2)16(11-14)24-19(18-6-4-10-28-18)21-23(20(24)27)13-22-9-3-5-15(25)12-22/h4,6-8,10-11,15,25H,3,5,9,12-13H2,1-2H3. The minimum atomic E-state index is -0.279. The number of hydrogen-bond donors (Lipinski definition) is 1. The maximum absolute atomic E-state index is 10.00. The van der Waals surface area contributed by atoms with Crippen LogP contribution >= 0.6 is 23.6 Å². The second-order valence-electron chi connectivity index (χ2n) is 7.11. The van der Waals surface area contributed by atoms with Crippen LogP contribution in [0.3, 0.4) is 0 Å². The van der Waals surface area contributed by atoms with Crippen LogP contribution in [0.4, 0.5) is 0 Å². The summed E-state index contributed by atoms with van der Waals surface area (Å²) in [6, 6.07) is 10.1. The molecule has 0 bridgehead atoms. The van der Waals surface area contributed by atoms with E-state index in [0.29, 0.717) is 18.0 Å². The molecule has 2 aromatic heterocycles. The zero-order valence-corrected chi connectivity index (χ0v) is 17.7. The van der Waals surface area contributed by atoms with Gasteiger partial charge in [0.05, 0.1) is 30.4 Å². The van der Waals surface area contributed by atoms with Crippen LogP contribution < -0.4 is 4.74 Å². The summed E-state index contributed by atoms with van der Waals surface area (Å²) in [6.45, 7) is 4.21. The van der Waals surface area contributed by atoms with Gasteiger partial charge in [0.1, 0.15) is 5.75 Å². The van der Waals surface area contributed by atoms with E-state index in [1.165, 1.54) is 0 Å². The first-order valence-electron chi connectivity index (χ1n) is 9.36. The molecule has 3 aromatic rings. The molecule has 0 saturated carbocycles. The molecular formula is C20H24N4O2S2. The smallest absolute Gasteiger partial charge is 0.204 e. The van der Waals surface area contributed by atoms with Crippen molar-refractivity contribution < 1.29 is 9.84 Å². The number of likely N-dealkylation sites (tertiary alicyclic amines) is 1. The van der Waals surface area contributed by atoms with Crippen molar-refractivity contribution in [1.82, 2.24) is 19.2 Å². The lowest BCUT2D eigenvalue weighted by Gasteiger charge is -2.29. The van der Waals surface area contributed by atoms with Crippen molar-refractivity contribution in [2.24, 2.45) is 0 Å². The maximum Gasteiger partial charge on any atom is 0.204 e. The van der Waals surface area contributed by atoms with Crippen LogP contribution in [-0.4, -0.2) is 50.7 Å². The van der Waals surface area contributed by atoms with Crippen LogP contribution in [0.5, 0.6) is 5.75 Å². The Morgan fingerprint density at radius 2 is 2.21 bits per heavy atom. The quantitative estimate of drug-likeness (QED) is 0.640. The summed E-state index contributed by atoms with van der Waals surface area (Å²) in [5.74, 6) is 1.56. The first-order chi connectivity index (χ1) is 13.6. The summed E-state index contributed by atoms with van der Waals surface area (Å²) >= 11 is 7.47. The third-order valence-corrected chi connectivity index (χ3v) is 6.23. The van der Waals surface area contributed by atoms with Gasteiger partial charge in [-0.2, -0.15) is 0 Å². The van der Waals surface area contributed by atoms with E-state index in [1.807, 2.05) is 32.8 Å². The molecule has 8 heteroatoms. The normalized spacial score (nSPS) is 17.8. The zero-order valence-electron chi connectivity index (χ0n) is 16.0. The van der Waals surface area contributed by atoms with Crippen molar-refractivity contribution >= 4 is 23.6 Å². The van der Waals surface area contributed by atoms with E-state index in [0.717, 1.165) is 47.1 Å². The first-order valence-corrected chi connectivity index (χ1v) is 10.6. The molecule has 6 nitrogen and oxygen atoms in total. The predicted molar refractivity (Wildman–Crippen MR) is 114 cm³/mol. The SMILES string of the molecule is COc1ccc(C)cc1-n1c(-c2cccs2)nn(CN2CCCC(O)C2)c1=S. The highest BCUT2D eigenvalue weighted by Crippen LogP contribution is 2.31. The third kappa shape index (κ3) is 3.77. The van der Waals surface area contributed by atoms with Gasteiger partial charge in [0.15, 0.2) is 5.82 Å². The van der Waals surface area contributed by atoms with Crippen molar-refractivity contribution in [3.63, 3.8) is 0 Å². The summed E-state index contributed by atoms with van der Waals surface area (Å²) in [5.41, 5.74) is 2.02. The van der Waals surface area contributed by atoms with Gasteiger partial charge in [-0.15, -0.1) is 16.4 Å². The van der Waals surface area contributed by atoms with Gasteiger partial charge in [-0.25, -0.2) is 4.68 Å². The Morgan fingerprint density at radius 3 is 2.93 bits per heavy atom. The fourth-order valence-electron chi connectivity index (χ4n) is 3.61. The van der Waals surface area contributed by atoms with Gasteiger partial charge in [0.2, 0.25) is 4.77 Å². The number of benzene rings is 1. The van der Waals surface area contributed by atoms with E-state index in [2.05, 4.69) is 24.0 Å². The van der Waals surface area contributed by atoms with Gasteiger partial charge >= 0.3 is 0 Å². The molecule has 148 valence electrons. The van der Waals surface area contributed by atoms with E-state index < -0.39 is 0 Å². The number of aryl methyl sites for hydroxylation is 1. The van der Waals surface area contributed by atoms with E-state index in [1.54, 1.807) is 18.4 Å². The number of methoxy groups -OCH3 is 1. The number of aliphatic hydroxyl groups excluding tert-OH is 1. The molecule has 1 unspecified atom stereocenters. The highest BCUT2D eigenvalue weighted by molar-refractivity contribution is 7.71. The Labute approximate surface area is 173 Å². The van der Waals surface area contributed by atoms with Gasteiger partial charge in [0.25, 0.3) is 0 Å². The van der Waals surface area contributed by atoms with Crippen LogP contribution in [0.25, 0.3) is 16.4 Å². The molecule has 1 fully saturated rings. The highest BCUT2D eigenvalue weighted by atomic mass is 32.1. The molecule has 4 rings (SSSR count). The minimum absolute atomic E-state index is 0.279. The molecule has 1 saturated heterocycles. The Balaban J connectivity index is 1.82. The number of rotatable bonds is 5. The molecule has 1 aromatic carbocycles. The average Bonchev–Trinajstić information content (AvgIpc) is 3.30. The Bertz CT molecular complexity index is 1010. The van der Waals surface area contributed by atoms with Crippen LogP contribution in [-0.2, 0) is 6.67 Å². The summed E-state index contributed by atoms with van der Waals surface area (Å²) in [6.07, 6.45) is 1.56. The Kier molecular flexibility index (Phi) is 5.63. The molecule has 1 N–H and O–H groups in total. The second-order valence-corrected chi connectivity index (χ2v) is 8.42.